The van der Waals surface area contributed by atoms with Crippen LogP contribution in [-0.2, 0) is 5.41 Å². The summed E-state index contributed by atoms with van der Waals surface area (Å²) in [6.07, 6.45) is 10.5. The molecule has 17 heavy (non-hydrogen) atoms. The van der Waals surface area contributed by atoms with Crippen molar-refractivity contribution in [1.29, 1.82) is 0 Å². The van der Waals surface area contributed by atoms with Gasteiger partial charge in [0.2, 0.25) is 0 Å². The van der Waals surface area contributed by atoms with E-state index in [1.54, 1.807) is 12.4 Å². The monoisotopic (exact) mass is 223 g/mol. The number of rotatable bonds is 2. The number of aromatic nitrogens is 2. The van der Waals surface area contributed by atoms with E-state index in [9.17, 15) is 0 Å². The van der Waals surface area contributed by atoms with Gasteiger partial charge in [-0.3, -0.25) is 15.0 Å². The highest BCUT2D eigenvalue weighted by Crippen LogP contribution is 2.36. The third kappa shape index (κ3) is 1.64. The van der Waals surface area contributed by atoms with Crippen molar-refractivity contribution in [1.82, 2.24) is 9.97 Å². The van der Waals surface area contributed by atoms with E-state index in [-0.39, 0.29) is 5.41 Å². The summed E-state index contributed by atoms with van der Waals surface area (Å²) >= 11 is 0. The van der Waals surface area contributed by atoms with Crippen LogP contribution in [0.3, 0.4) is 0 Å². The van der Waals surface area contributed by atoms with E-state index in [1.165, 1.54) is 11.1 Å². The summed E-state index contributed by atoms with van der Waals surface area (Å²) in [5, 5.41) is 0. The second-order valence-corrected chi connectivity index (χ2v) is 4.24. The van der Waals surface area contributed by atoms with Crippen molar-refractivity contribution in [2.45, 2.75) is 11.8 Å². The molecule has 3 rings (SSSR count). The number of hydrogen-bond acceptors (Lipinski definition) is 3. The summed E-state index contributed by atoms with van der Waals surface area (Å²) in [6, 6.07) is 8.16. The lowest BCUT2D eigenvalue weighted by molar-refractivity contribution is 0.673. The molecule has 3 nitrogen and oxygen atoms in total. The van der Waals surface area contributed by atoms with Crippen molar-refractivity contribution in [2.24, 2.45) is 4.99 Å². The molecule has 0 radical (unpaired) electrons. The van der Waals surface area contributed by atoms with Gasteiger partial charge in [-0.05, 0) is 29.7 Å². The number of aliphatic imine (C=N–C) groups is 1. The summed E-state index contributed by atoms with van der Waals surface area (Å²) in [6.45, 7) is 0.865. The Hall–Kier alpha value is -2.03. The van der Waals surface area contributed by atoms with Crippen LogP contribution in [0.2, 0.25) is 0 Å². The molecule has 0 fully saturated rings. The van der Waals surface area contributed by atoms with Gasteiger partial charge in [0.15, 0.2) is 0 Å². The quantitative estimate of drug-likeness (QED) is 0.783. The third-order valence-electron chi connectivity index (χ3n) is 3.30. The molecule has 0 N–H and O–H groups in total. The van der Waals surface area contributed by atoms with Crippen molar-refractivity contribution in [2.75, 3.05) is 6.54 Å². The van der Waals surface area contributed by atoms with Gasteiger partial charge in [0.05, 0.1) is 5.41 Å². The van der Waals surface area contributed by atoms with Crippen LogP contribution >= 0.6 is 0 Å². The molecule has 0 amide bonds. The molecule has 0 aliphatic carbocycles. The van der Waals surface area contributed by atoms with Crippen LogP contribution in [-0.4, -0.2) is 22.7 Å². The lowest BCUT2D eigenvalue weighted by Gasteiger charge is -2.26. The highest BCUT2D eigenvalue weighted by molar-refractivity contribution is 5.80. The van der Waals surface area contributed by atoms with Gasteiger partial charge in [-0.2, -0.15) is 0 Å². The Morgan fingerprint density at radius 1 is 0.941 bits per heavy atom. The van der Waals surface area contributed by atoms with Crippen molar-refractivity contribution < 1.29 is 0 Å². The van der Waals surface area contributed by atoms with Crippen LogP contribution < -0.4 is 0 Å². The molecular formula is C14H13N3. The van der Waals surface area contributed by atoms with Gasteiger partial charge in [-0.1, -0.05) is 12.1 Å². The minimum absolute atomic E-state index is 0.136. The number of hydrogen-bond donors (Lipinski definition) is 0. The summed E-state index contributed by atoms with van der Waals surface area (Å²) < 4.78 is 0. The van der Waals surface area contributed by atoms with Gasteiger partial charge < -0.3 is 0 Å². The third-order valence-corrected chi connectivity index (χ3v) is 3.30. The first-order valence-corrected chi connectivity index (χ1v) is 5.74. The summed E-state index contributed by atoms with van der Waals surface area (Å²) in [7, 11) is 0. The first-order valence-electron chi connectivity index (χ1n) is 5.74. The van der Waals surface area contributed by atoms with Gasteiger partial charge in [0.1, 0.15) is 0 Å². The first-order chi connectivity index (χ1) is 8.42. The van der Waals surface area contributed by atoms with E-state index in [0.717, 1.165) is 13.0 Å². The predicted octanol–water partition coefficient (Wildman–Crippen LogP) is 2.24. The standard InChI is InChI=1S/C14H13N3/c1-3-12(9-15-6-1)14(5-8-17-11-14)13-4-2-7-16-10-13/h1-4,6-7,9-11H,5,8H2. The molecule has 84 valence electrons. The first kappa shape index (κ1) is 10.1. The Morgan fingerprint density at radius 3 is 2.00 bits per heavy atom. The average Bonchev–Trinajstić information content (AvgIpc) is 2.91. The lowest BCUT2D eigenvalue weighted by Crippen LogP contribution is -2.27. The van der Waals surface area contributed by atoms with Gasteiger partial charge in [0, 0.05) is 37.5 Å². The van der Waals surface area contributed by atoms with E-state index in [1.807, 2.05) is 30.7 Å². The topological polar surface area (TPSA) is 38.1 Å². The molecule has 2 aromatic rings. The molecule has 1 aliphatic rings. The average molecular weight is 223 g/mol. The maximum atomic E-state index is 4.41. The van der Waals surface area contributed by atoms with Crippen LogP contribution in [0.15, 0.2) is 54.0 Å². The fraction of sp³-hybridized carbons (Fsp3) is 0.214. The molecule has 3 heterocycles. The van der Waals surface area contributed by atoms with Crippen molar-refractivity contribution in [3.63, 3.8) is 0 Å². The highest BCUT2D eigenvalue weighted by Gasteiger charge is 2.35. The van der Waals surface area contributed by atoms with Crippen LogP contribution in [0.5, 0.6) is 0 Å². The zero-order chi connectivity index (χ0) is 11.6. The Labute approximate surface area is 100 Å². The molecule has 1 aliphatic heterocycles. The number of pyridine rings is 2. The van der Waals surface area contributed by atoms with Crippen LogP contribution in [0, 0.1) is 0 Å². The van der Waals surface area contributed by atoms with E-state index in [2.05, 4.69) is 27.1 Å². The van der Waals surface area contributed by atoms with Gasteiger partial charge in [-0.15, -0.1) is 0 Å². The van der Waals surface area contributed by atoms with Crippen LogP contribution in [0.1, 0.15) is 17.5 Å². The molecule has 0 aromatic carbocycles. The maximum absolute atomic E-state index is 4.41. The van der Waals surface area contributed by atoms with E-state index >= 15 is 0 Å². The zero-order valence-electron chi connectivity index (χ0n) is 9.45. The SMILES string of the molecule is C1=NCCC1(c1cccnc1)c1cccnc1. The Bertz CT molecular complexity index is 480. The maximum Gasteiger partial charge on any atom is 0.0597 e. The zero-order valence-corrected chi connectivity index (χ0v) is 9.45. The molecule has 0 spiro atoms. The van der Waals surface area contributed by atoms with Crippen molar-refractivity contribution >= 4 is 6.21 Å². The second-order valence-electron chi connectivity index (χ2n) is 4.24. The minimum atomic E-state index is -0.136. The molecule has 3 heteroatoms. The van der Waals surface area contributed by atoms with E-state index < -0.39 is 0 Å². The molecule has 0 unspecified atom stereocenters. The van der Waals surface area contributed by atoms with E-state index in [4.69, 9.17) is 0 Å². The second kappa shape index (κ2) is 4.09. The molecule has 0 bridgehead atoms. The molecule has 0 atom stereocenters. The summed E-state index contributed by atoms with van der Waals surface area (Å²) in [4.78, 5) is 12.8. The fourth-order valence-electron chi connectivity index (χ4n) is 2.38. The molecule has 2 aromatic heterocycles. The predicted molar refractivity (Wildman–Crippen MR) is 67.2 cm³/mol. The number of nitrogens with zero attached hydrogens (tertiary/aromatic N) is 3. The van der Waals surface area contributed by atoms with E-state index in [0.29, 0.717) is 0 Å². The Balaban J connectivity index is 2.15. The smallest absolute Gasteiger partial charge is 0.0597 e. The normalized spacial score (nSPS) is 17.2. The molecule has 0 saturated heterocycles. The van der Waals surface area contributed by atoms with Gasteiger partial charge in [0.25, 0.3) is 0 Å². The highest BCUT2D eigenvalue weighted by atomic mass is 14.8. The Morgan fingerprint density at radius 2 is 1.59 bits per heavy atom. The van der Waals surface area contributed by atoms with Crippen LogP contribution in [0.4, 0.5) is 0 Å². The van der Waals surface area contributed by atoms with Crippen molar-refractivity contribution in [3.05, 3.63) is 60.2 Å². The summed E-state index contributed by atoms with van der Waals surface area (Å²) in [5.74, 6) is 0. The van der Waals surface area contributed by atoms with Gasteiger partial charge in [-0.25, -0.2) is 0 Å². The molecule has 0 saturated carbocycles. The lowest BCUT2D eigenvalue weighted by atomic mass is 9.75. The largest absolute Gasteiger partial charge is 0.296 e. The fourth-order valence-corrected chi connectivity index (χ4v) is 2.38. The van der Waals surface area contributed by atoms with Crippen molar-refractivity contribution in [3.8, 4) is 0 Å². The van der Waals surface area contributed by atoms with Gasteiger partial charge >= 0.3 is 0 Å². The minimum Gasteiger partial charge on any atom is -0.296 e. The summed E-state index contributed by atoms with van der Waals surface area (Å²) in [5.41, 5.74) is 2.24. The Kier molecular flexibility index (Phi) is 2.44. The molecular weight excluding hydrogens is 210 g/mol. The van der Waals surface area contributed by atoms with Crippen LogP contribution in [0.25, 0.3) is 0 Å².